The lowest BCUT2D eigenvalue weighted by Crippen LogP contribution is -2.47. The van der Waals surface area contributed by atoms with Crippen LogP contribution in [-0.4, -0.2) is 48.7 Å². The Balaban J connectivity index is 1.29. The number of benzene rings is 3. The molecule has 7 heteroatoms. The summed E-state index contributed by atoms with van der Waals surface area (Å²) in [5, 5.41) is 10.9. The van der Waals surface area contributed by atoms with Gasteiger partial charge in [-0.2, -0.15) is 0 Å². The van der Waals surface area contributed by atoms with Gasteiger partial charge in [-0.15, -0.1) is 0 Å². The first-order valence-electron chi connectivity index (χ1n) is 13.2. The number of carboxylic acid groups (broad SMARTS) is 1. The van der Waals surface area contributed by atoms with Crippen molar-refractivity contribution >= 4 is 40.4 Å². The van der Waals surface area contributed by atoms with Crippen molar-refractivity contribution in [3.63, 3.8) is 0 Å². The fraction of sp³-hybridized carbons (Fsp3) is 0.323. The van der Waals surface area contributed by atoms with E-state index in [2.05, 4.69) is 21.9 Å². The molecule has 0 aromatic heterocycles. The van der Waals surface area contributed by atoms with Crippen molar-refractivity contribution in [2.24, 2.45) is 0 Å². The molecule has 0 saturated carbocycles. The van der Waals surface area contributed by atoms with Gasteiger partial charge >= 0.3 is 5.97 Å². The van der Waals surface area contributed by atoms with Crippen molar-refractivity contribution in [2.45, 2.75) is 32.1 Å². The highest BCUT2D eigenvalue weighted by molar-refractivity contribution is 6.32. The molecule has 0 unspecified atom stereocenters. The van der Waals surface area contributed by atoms with Crippen LogP contribution in [0.4, 0.5) is 5.69 Å². The van der Waals surface area contributed by atoms with E-state index in [1.165, 1.54) is 30.4 Å². The zero-order valence-corrected chi connectivity index (χ0v) is 22.8. The van der Waals surface area contributed by atoms with Gasteiger partial charge in [0.25, 0.3) is 0 Å². The van der Waals surface area contributed by atoms with E-state index < -0.39 is 5.97 Å². The molecule has 0 atom stereocenters. The van der Waals surface area contributed by atoms with Crippen LogP contribution in [0.3, 0.4) is 0 Å². The molecular formula is C31H32Cl2N2O3. The molecule has 5 rings (SSSR count). The predicted molar refractivity (Wildman–Crippen MR) is 155 cm³/mol. The van der Waals surface area contributed by atoms with Crippen LogP contribution in [0.25, 0.3) is 5.57 Å². The van der Waals surface area contributed by atoms with Gasteiger partial charge in [0, 0.05) is 49.5 Å². The van der Waals surface area contributed by atoms with Crippen LogP contribution in [0.5, 0.6) is 11.5 Å². The summed E-state index contributed by atoms with van der Waals surface area (Å²) >= 11 is 12.4. The van der Waals surface area contributed by atoms with Crippen molar-refractivity contribution < 1.29 is 14.6 Å². The average molecular weight is 552 g/mol. The fourth-order valence-corrected chi connectivity index (χ4v) is 5.67. The summed E-state index contributed by atoms with van der Waals surface area (Å²) in [6.45, 7) is 4.60. The van der Waals surface area contributed by atoms with Crippen molar-refractivity contribution in [3.05, 3.63) is 93.5 Å². The molecular weight excluding hydrogens is 519 g/mol. The first kappa shape index (κ1) is 26.6. The molecule has 1 saturated heterocycles. The lowest BCUT2D eigenvalue weighted by atomic mass is 9.95. The number of ether oxygens (including phenoxy) is 1. The van der Waals surface area contributed by atoms with Crippen LogP contribution in [-0.2, 0) is 0 Å². The molecule has 3 aromatic rings. The van der Waals surface area contributed by atoms with E-state index in [1.54, 1.807) is 23.8 Å². The Hall–Kier alpha value is -2.99. The van der Waals surface area contributed by atoms with Crippen LogP contribution in [0, 0.1) is 0 Å². The molecule has 38 heavy (non-hydrogen) atoms. The number of piperazine rings is 1. The molecule has 3 aromatic carbocycles. The summed E-state index contributed by atoms with van der Waals surface area (Å²) < 4.78 is 5.96. The SMILES string of the molecule is O=C(O)c1ccc(N2CCN(CC3=C(c4ccc(Cl)cc4)CCCCC3)CC2)cc1Oc1ccccc1Cl. The lowest BCUT2D eigenvalue weighted by Gasteiger charge is -2.37. The second-order valence-corrected chi connectivity index (χ2v) is 10.8. The van der Waals surface area contributed by atoms with Crippen molar-refractivity contribution in [3.8, 4) is 11.5 Å². The van der Waals surface area contributed by atoms with Crippen LogP contribution >= 0.6 is 23.2 Å². The van der Waals surface area contributed by atoms with Gasteiger partial charge in [-0.25, -0.2) is 4.79 Å². The highest BCUT2D eigenvalue weighted by Gasteiger charge is 2.23. The summed E-state index contributed by atoms with van der Waals surface area (Å²) in [7, 11) is 0. The Kier molecular flexibility index (Phi) is 8.58. The van der Waals surface area contributed by atoms with E-state index in [4.69, 9.17) is 27.9 Å². The molecule has 0 spiro atoms. The van der Waals surface area contributed by atoms with Gasteiger partial charge < -0.3 is 14.7 Å². The summed E-state index contributed by atoms with van der Waals surface area (Å²) in [4.78, 5) is 16.7. The van der Waals surface area contributed by atoms with Crippen LogP contribution < -0.4 is 9.64 Å². The number of anilines is 1. The molecule has 1 aliphatic carbocycles. The summed E-state index contributed by atoms with van der Waals surface area (Å²) in [5.74, 6) is -0.301. The lowest BCUT2D eigenvalue weighted by molar-refractivity contribution is 0.0694. The third-order valence-corrected chi connectivity index (χ3v) is 7.99. The van der Waals surface area contributed by atoms with Crippen molar-refractivity contribution in [1.82, 2.24) is 4.90 Å². The van der Waals surface area contributed by atoms with Crippen LogP contribution in [0.1, 0.15) is 48.0 Å². The highest BCUT2D eigenvalue weighted by atomic mass is 35.5. The molecule has 198 valence electrons. The van der Waals surface area contributed by atoms with E-state index >= 15 is 0 Å². The van der Waals surface area contributed by atoms with Crippen LogP contribution in [0.15, 0.2) is 72.3 Å². The maximum absolute atomic E-state index is 11.8. The van der Waals surface area contributed by atoms with Crippen molar-refractivity contribution in [1.29, 1.82) is 0 Å². The summed E-state index contributed by atoms with van der Waals surface area (Å²) in [6.07, 6.45) is 6.04. The minimum Gasteiger partial charge on any atom is -0.478 e. The number of hydrogen-bond donors (Lipinski definition) is 1. The largest absolute Gasteiger partial charge is 0.478 e. The third kappa shape index (κ3) is 6.35. The second kappa shape index (κ2) is 12.2. The molecule has 2 aliphatic rings. The molecule has 5 nitrogen and oxygen atoms in total. The monoisotopic (exact) mass is 550 g/mol. The summed E-state index contributed by atoms with van der Waals surface area (Å²) in [6, 6.07) is 20.7. The van der Waals surface area contributed by atoms with Gasteiger partial charge in [-0.1, -0.05) is 59.5 Å². The number of carboxylic acids is 1. The Morgan fingerprint density at radius 2 is 1.58 bits per heavy atom. The van der Waals surface area contributed by atoms with Gasteiger partial charge in [-0.3, -0.25) is 4.90 Å². The number of nitrogens with zero attached hydrogens (tertiary/aromatic N) is 2. The fourth-order valence-electron chi connectivity index (χ4n) is 5.37. The number of halogens is 2. The number of hydrogen-bond acceptors (Lipinski definition) is 4. The molecule has 1 aliphatic heterocycles. The van der Waals surface area contributed by atoms with Gasteiger partial charge in [0.2, 0.25) is 0 Å². The number of para-hydroxylation sites is 1. The first-order valence-corrected chi connectivity index (χ1v) is 14.0. The van der Waals surface area contributed by atoms with Gasteiger partial charge in [-0.05, 0) is 73.2 Å². The van der Waals surface area contributed by atoms with Gasteiger partial charge in [0.15, 0.2) is 0 Å². The summed E-state index contributed by atoms with van der Waals surface area (Å²) in [5.41, 5.74) is 5.41. The van der Waals surface area contributed by atoms with Crippen molar-refractivity contribution in [2.75, 3.05) is 37.6 Å². The van der Waals surface area contributed by atoms with E-state index in [-0.39, 0.29) is 5.56 Å². The predicted octanol–water partition coefficient (Wildman–Crippen LogP) is 8.02. The Labute approximate surface area is 234 Å². The standard InChI is InChI=1S/C31H32Cl2N2O3/c32-24-12-10-22(11-13-24)26-7-3-1-2-6-23(26)21-34-16-18-35(19-17-34)25-14-15-27(31(36)37)30(20-25)38-29-9-5-4-8-28(29)33/h4-5,8-15,20H,1-3,6-7,16-19,21H2,(H,36,37). The second-order valence-electron chi connectivity index (χ2n) is 9.93. The van der Waals surface area contributed by atoms with Crippen LogP contribution in [0.2, 0.25) is 10.0 Å². The first-order chi connectivity index (χ1) is 18.5. The minimum atomic E-state index is -1.03. The van der Waals surface area contributed by atoms with E-state index in [9.17, 15) is 9.90 Å². The number of allylic oxidation sites excluding steroid dienone is 1. The van der Waals surface area contributed by atoms with E-state index in [0.29, 0.717) is 16.5 Å². The maximum atomic E-state index is 11.8. The van der Waals surface area contributed by atoms with Gasteiger partial charge in [0.05, 0.1) is 5.02 Å². The highest BCUT2D eigenvalue weighted by Crippen LogP contribution is 2.35. The smallest absolute Gasteiger partial charge is 0.339 e. The van der Waals surface area contributed by atoms with E-state index in [0.717, 1.165) is 56.3 Å². The zero-order valence-electron chi connectivity index (χ0n) is 21.3. The minimum absolute atomic E-state index is 0.113. The molecule has 0 radical (unpaired) electrons. The molecule has 1 N–H and O–H groups in total. The molecule has 0 amide bonds. The zero-order chi connectivity index (χ0) is 26.5. The van der Waals surface area contributed by atoms with E-state index in [1.807, 2.05) is 36.4 Å². The number of aromatic carboxylic acids is 1. The number of rotatable bonds is 7. The maximum Gasteiger partial charge on any atom is 0.339 e. The quantitative estimate of drug-likeness (QED) is 0.322. The molecule has 0 bridgehead atoms. The average Bonchev–Trinajstić information content (AvgIpc) is 3.16. The normalized spacial score (nSPS) is 16.8. The molecule has 1 heterocycles. The Morgan fingerprint density at radius 3 is 2.32 bits per heavy atom. The third-order valence-electron chi connectivity index (χ3n) is 7.43. The Morgan fingerprint density at radius 1 is 0.842 bits per heavy atom. The number of carbonyl (C=O) groups is 1. The Bertz CT molecular complexity index is 1310. The topological polar surface area (TPSA) is 53.0 Å². The molecule has 1 fully saturated rings. The van der Waals surface area contributed by atoms with Gasteiger partial charge in [0.1, 0.15) is 17.1 Å².